The first-order valence-corrected chi connectivity index (χ1v) is 8.12. The van der Waals surface area contributed by atoms with Crippen LogP contribution in [0.25, 0.3) is 0 Å². The number of hydrogen-bond donors (Lipinski definition) is 3. The molecule has 24 heavy (non-hydrogen) atoms. The Morgan fingerprint density at radius 3 is 2.50 bits per heavy atom. The first kappa shape index (κ1) is 17.5. The van der Waals surface area contributed by atoms with Crippen LogP contribution in [0, 0.1) is 0 Å². The highest BCUT2D eigenvalue weighted by molar-refractivity contribution is 6.03. The molecule has 0 aromatic heterocycles. The predicted molar refractivity (Wildman–Crippen MR) is 96.9 cm³/mol. The summed E-state index contributed by atoms with van der Waals surface area (Å²) < 4.78 is 0. The van der Waals surface area contributed by atoms with E-state index in [0.717, 1.165) is 12.0 Å². The molecule has 0 unspecified atom stereocenters. The molecule has 2 rings (SSSR count). The SMILES string of the molecule is CCCNC(=O)c1ccccc1NC(=O)CCc1ccccc1N. The third kappa shape index (κ3) is 4.84. The number of para-hydroxylation sites is 2. The molecule has 2 amide bonds. The van der Waals surface area contributed by atoms with Gasteiger partial charge in [0.05, 0.1) is 11.3 Å². The number of carbonyl (C=O) groups is 2. The van der Waals surface area contributed by atoms with Crippen LogP contribution in [0.1, 0.15) is 35.7 Å². The van der Waals surface area contributed by atoms with Crippen LogP contribution in [-0.2, 0) is 11.2 Å². The number of nitrogen functional groups attached to an aromatic ring is 1. The van der Waals surface area contributed by atoms with Crippen LogP contribution in [-0.4, -0.2) is 18.4 Å². The number of hydrogen-bond acceptors (Lipinski definition) is 3. The van der Waals surface area contributed by atoms with E-state index in [-0.39, 0.29) is 11.8 Å². The molecule has 0 aliphatic heterocycles. The predicted octanol–water partition coefficient (Wildman–Crippen LogP) is 2.98. The Kier molecular flexibility index (Phi) is 6.37. The van der Waals surface area contributed by atoms with Crippen LogP contribution in [0.4, 0.5) is 11.4 Å². The largest absolute Gasteiger partial charge is 0.399 e. The highest BCUT2D eigenvalue weighted by atomic mass is 16.2. The summed E-state index contributed by atoms with van der Waals surface area (Å²) in [5, 5.41) is 5.64. The zero-order valence-electron chi connectivity index (χ0n) is 13.8. The van der Waals surface area contributed by atoms with Gasteiger partial charge in [0.15, 0.2) is 0 Å². The third-order valence-electron chi connectivity index (χ3n) is 3.66. The maximum Gasteiger partial charge on any atom is 0.253 e. The first-order chi connectivity index (χ1) is 11.6. The Morgan fingerprint density at radius 1 is 1.04 bits per heavy atom. The second-order valence-corrected chi connectivity index (χ2v) is 5.55. The van der Waals surface area contributed by atoms with E-state index in [9.17, 15) is 9.59 Å². The summed E-state index contributed by atoms with van der Waals surface area (Å²) in [7, 11) is 0. The number of rotatable bonds is 7. The number of benzene rings is 2. The molecule has 0 radical (unpaired) electrons. The molecule has 0 aliphatic carbocycles. The lowest BCUT2D eigenvalue weighted by Gasteiger charge is -2.11. The average Bonchev–Trinajstić information content (AvgIpc) is 2.59. The average molecular weight is 325 g/mol. The Balaban J connectivity index is 1.99. The summed E-state index contributed by atoms with van der Waals surface area (Å²) in [4.78, 5) is 24.4. The molecule has 0 heterocycles. The zero-order valence-corrected chi connectivity index (χ0v) is 13.8. The zero-order chi connectivity index (χ0) is 17.4. The number of nitrogens with two attached hydrogens (primary N) is 1. The van der Waals surface area contributed by atoms with E-state index in [1.54, 1.807) is 24.3 Å². The summed E-state index contributed by atoms with van der Waals surface area (Å²) in [6, 6.07) is 14.5. The fourth-order valence-corrected chi connectivity index (χ4v) is 2.35. The van der Waals surface area contributed by atoms with Crippen molar-refractivity contribution in [3.8, 4) is 0 Å². The molecule has 0 bridgehead atoms. The molecule has 2 aromatic carbocycles. The van der Waals surface area contributed by atoms with Gasteiger partial charge in [-0.15, -0.1) is 0 Å². The van der Waals surface area contributed by atoms with Gasteiger partial charge in [0, 0.05) is 18.7 Å². The van der Waals surface area contributed by atoms with Gasteiger partial charge in [-0.2, -0.15) is 0 Å². The molecule has 0 aliphatic rings. The fourth-order valence-electron chi connectivity index (χ4n) is 2.35. The highest BCUT2D eigenvalue weighted by Crippen LogP contribution is 2.17. The maximum atomic E-state index is 12.2. The summed E-state index contributed by atoms with van der Waals surface area (Å²) >= 11 is 0. The molecule has 126 valence electrons. The summed E-state index contributed by atoms with van der Waals surface area (Å²) in [5.74, 6) is -0.325. The Labute approximate surface area is 142 Å². The van der Waals surface area contributed by atoms with Crippen LogP contribution in [0.3, 0.4) is 0 Å². The summed E-state index contributed by atoms with van der Waals surface area (Å²) in [6.07, 6.45) is 1.72. The number of carbonyl (C=O) groups excluding carboxylic acids is 2. The smallest absolute Gasteiger partial charge is 0.253 e. The van der Waals surface area contributed by atoms with Crippen molar-refractivity contribution >= 4 is 23.2 Å². The molecular formula is C19H23N3O2. The van der Waals surface area contributed by atoms with Crippen molar-refractivity contribution in [2.75, 3.05) is 17.6 Å². The quantitative estimate of drug-likeness (QED) is 0.684. The normalized spacial score (nSPS) is 10.2. The monoisotopic (exact) mass is 325 g/mol. The van der Waals surface area contributed by atoms with Crippen molar-refractivity contribution in [2.24, 2.45) is 0 Å². The second-order valence-electron chi connectivity index (χ2n) is 5.55. The van der Waals surface area contributed by atoms with E-state index in [1.807, 2.05) is 31.2 Å². The fraction of sp³-hybridized carbons (Fsp3) is 0.263. The minimum Gasteiger partial charge on any atom is -0.399 e. The first-order valence-electron chi connectivity index (χ1n) is 8.12. The van der Waals surface area contributed by atoms with Crippen LogP contribution < -0.4 is 16.4 Å². The van der Waals surface area contributed by atoms with Gasteiger partial charge in [-0.25, -0.2) is 0 Å². The Bertz CT molecular complexity index is 713. The van der Waals surface area contributed by atoms with Crippen molar-refractivity contribution < 1.29 is 9.59 Å². The number of amides is 2. The molecule has 0 saturated heterocycles. The van der Waals surface area contributed by atoms with E-state index in [1.165, 1.54) is 0 Å². The lowest BCUT2D eigenvalue weighted by molar-refractivity contribution is -0.116. The summed E-state index contributed by atoms with van der Waals surface area (Å²) in [6.45, 7) is 2.59. The molecular weight excluding hydrogens is 302 g/mol. The summed E-state index contributed by atoms with van der Waals surface area (Å²) in [5.41, 5.74) is 8.51. The van der Waals surface area contributed by atoms with Gasteiger partial charge in [0.25, 0.3) is 5.91 Å². The van der Waals surface area contributed by atoms with Crippen LogP contribution in [0.5, 0.6) is 0 Å². The van der Waals surface area contributed by atoms with E-state index in [2.05, 4.69) is 10.6 Å². The van der Waals surface area contributed by atoms with Crippen molar-refractivity contribution in [3.05, 3.63) is 59.7 Å². The van der Waals surface area contributed by atoms with Crippen LogP contribution >= 0.6 is 0 Å². The van der Waals surface area contributed by atoms with Crippen LogP contribution in [0.15, 0.2) is 48.5 Å². The Morgan fingerprint density at radius 2 is 1.75 bits per heavy atom. The topological polar surface area (TPSA) is 84.2 Å². The van der Waals surface area contributed by atoms with Crippen molar-refractivity contribution in [1.82, 2.24) is 5.32 Å². The van der Waals surface area contributed by atoms with Gasteiger partial charge < -0.3 is 16.4 Å². The highest BCUT2D eigenvalue weighted by Gasteiger charge is 2.12. The van der Waals surface area contributed by atoms with Crippen molar-refractivity contribution in [2.45, 2.75) is 26.2 Å². The van der Waals surface area contributed by atoms with Gasteiger partial charge in [-0.1, -0.05) is 37.3 Å². The van der Waals surface area contributed by atoms with E-state index >= 15 is 0 Å². The number of nitrogens with one attached hydrogen (secondary N) is 2. The standard InChI is InChI=1S/C19H23N3O2/c1-2-13-21-19(24)15-8-4-6-10-17(15)22-18(23)12-11-14-7-3-5-9-16(14)20/h3-10H,2,11-13,20H2,1H3,(H,21,24)(H,22,23). The molecule has 5 nitrogen and oxygen atoms in total. The maximum absolute atomic E-state index is 12.2. The Hall–Kier alpha value is -2.82. The van der Waals surface area contributed by atoms with Gasteiger partial charge in [0.1, 0.15) is 0 Å². The van der Waals surface area contributed by atoms with Gasteiger partial charge in [-0.05, 0) is 36.6 Å². The minimum atomic E-state index is -0.181. The molecule has 0 fully saturated rings. The molecule has 4 N–H and O–H groups in total. The lowest BCUT2D eigenvalue weighted by Crippen LogP contribution is -2.25. The number of aryl methyl sites for hydroxylation is 1. The third-order valence-corrected chi connectivity index (χ3v) is 3.66. The number of anilines is 2. The van der Waals surface area contributed by atoms with Crippen molar-refractivity contribution in [1.29, 1.82) is 0 Å². The van der Waals surface area contributed by atoms with Gasteiger partial charge in [-0.3, -0.25) is 9.59 Å². The molecule has 0 atom stereocenters. The molecule has 2 aromatic rings. The second kappa shape index (κ2) is 8.72. The minimum absolute atomic E-state index is 0.144. The van der Waals surface area contributed by atoms with Gasteiger partial charge in [0.2, 0.25) is 5.91 Å². The molecule has 5 heteroatoms. The van der Waals surface area contributed by atoms with Crippen molar-refractivity contribution in [3.63, 3.8) is 0 Å². The molecule has 0 saturated carbocycles. The van der Waals surface area contributed by atoms with Gasteiger partial charge >= 0.3 is 0 Å². The molecule has 0 spiro atoms. The van der Waals surface area contributed by atoms with E-state index < -0.39 is 0 Å². The lowest BCUT2D eigenvalue weighted by atomic mass is 10.1. The van der Waals surface area contributed by atoms with E-state index in [4.69, 9.17) is 5.73 Å². The van der Waals surface area contributed by atoms with Crippen LogP contribution in [0.2, 0.25) is 0 Å². The van der Waals surface area contributed by atoms with E-state index in [0.29, 0.717) is 36.3 Å².